The van der Waals surface area contributed by atoms with Crippen molar-refractivity contribution in [3.05, 3.63) is 29.3 Å². The largest absolute Gasteiger partial charge is 0.480 e. The second-order valence-corrected chi connectivity index (χ2v) is 6.03. The van der Waals surface area contributed by atoms with E-state index in [-0.39, 0.29) is 5.91 Å². The molecule has 5 heteroatoms. The number of nitrogens with one attached hydrogen (secondary N) is 1. The van der Waals surface area contributed by atoms with E-state index < -0.39 is 6.10 Å². The number of morpholine rings is 1. The molecule has 1 aliphatic rings. The molecule has 1 amide bonds. The Kier molecular flexibility index (Phi) is 6.86. The number of ether oxygens (including phenoxy) is 2. The van der Waals surface area contributed by atoms with Gasteiger partial charge in [-0.2, -0.15) is 0 Å². The molecule has 1 heterocycles. The lowest BCUT2D eigenvalue weighted by molar-refractivity contribution is -0.128. The third kappa shape index (κ3) is 5.52. The first-order valence-corrected chi connectivity index (χ1v) is 8.42. The molecule has 1 N–H and O–H groups in total. The van der Waals surface area contributed by atoms with Gasteiger partial charge < -0.3 is 14.8 Å². The Morgan fingerprint density at radius 3 is 2.78 bits per heavy atom. The van der Waals surface area contributed by atoms with Crippen LogP contribution in [0, 0.1) is 13.8 Å². The smallest absolute Gasteiger partial charge is 0.261 e. The first kappa shape index (κ1) is 17.8. The number of carbonyl (C=O) groups is 1. The average Bonchev–Trinajstić information content (AvgIpc) is 2.56. The summed E-state index contributed by atoms with van der Waals surface area (Å²) in [6.07, 6.45) is 0.205. The molecule has 0 radical (unpaired) electrons. The maximum Gasteiger partial charge on any atom is 0.261 e. The van der Waals surface area contributed by atoms with E-state index in [1.807, 2.05) is 39.0 Å². The Morgan fingerprint density at radius 1 is 1.35 bits per heavy atom. The van der Waals surface area contributed by atoms with E-state index >= 15 is 0 Å². The predicted molar refractivity (Wildman–Crippen MR) is 90.9 cm³/mol. The molecule has 1 fully saturated rings. The molecule has 0 aromatic heterocycles. The zero-order valence-corrected chi connectivity index (χ0v) is 14.4. The maximum atomic E-state index is 12.3. The van der Waals surface area contributed by atoms with Crippen LogP contribution < -0.4 is 10.1 Å². The van der Waals surface area contributed by atoms with Crippen LogP contribution in [0.25, 0.3) is 0 Å². The molecule has 1 saturated heterocycles. The second-order valence-electron chi connectivity index (χ2n) is 6.03. The molecule has 5 nitrogen and oxygen atoms in total. The van der Waals surface area contributed by atoms with E-state index in [1.165, 1.54) is 0 Å². The van der Waals surface area contributed by atoms with Crippen molar-refractivity contribution in [1.29, 1.82) is 0 Å². The summed E-state index contributed by atoms with van der Waals surface area (Å²) in [5, 5.41) is 2.99. The number of hydrogen-bond donors (Lipinski definition) is 1. The highest BCUT2D eigenvalue weighted by Gasteiger charge is 2.19. The van der Waals surface area contributed by atoms with Crippen molar-refractivity contribution in [2.24, 2.45) is 0 Å². The number of aryl methyl sites for hydroxylation is 2. The lowest BCUT2D eigenvalue weighted by Gasteiger charge is -2.27. The van der Waals surface area contributed by atoms with Crippen LogP contribution in [0.4, 0.5) is 0 Å². The lowest BCUT2D eigenvalue weighted by Crippen LogP contribution is -2.44. The highest BCUT2D eigenvalue weighted by molar-refractivity contribution is 5.81. The van der Waals surface area contributed by atoms with Gasteiger partial charge in [-0.1, -0.05) is 19.1 Å². The number of nitrogens with zero attached hydrogens (tertiary/aromatic N) is 1. The van der Waals surface area contributed by atoms with Gasteiger partial charge in [0.25, 0.3) is 5.91 Å². The predicted octanol–water partition coefficient (Wildman–Crippen LogP) is 1.91. The quantitative estimate of drug-likeness (QED) is 0.834. The molecule has 0 bridgehead atoms. The SMILES string of the molecule is CC[C@@H](Oc1cc(C)ccc1C)C(=O)NCCN1CCOCC1. The molecule has 1 aromatic rings. The summed E-state index contributed by atoms with van der Waals surface area (Å²) in [6, 6.07) is 6.05. The van der Waals surface area contributed by atoms with Crippen LogP contribution in [0.1, 0.15) is 24.5 Å². The minimum atomic E-state index is -0.444. The van der Waals surface area contributed by atoms with Crippen LogP contribution in [0.15, 0.2) is 18.2 Å². The summed E-state index contributed by atoms with van der Waals surface area (Å²) in [6.45, 7) is 10.9. The van der Waals surface area contributed by atoms with E-state index in [1.54, 1.807) is 0 Å². The van der Waals surface area contributed by atoms with Crippen molar-refractivity contribution >= 4 is 5.91 Å². The van der Waals surface area contributed by atoms with Crippen LogP contribution in [0.5, 0.6) is 5.75 Å². The Hall–Kier alpha value is -1.59. The molecule has 1 aromatic carbocycles. The fraction of sp³-hybridized carbons (Fsp3) is 0.611. The number of hydrogen-bond acceptors (Lipinski definition) is 4. The third-order valence-electron chi connectivity index (χ3n) is 4.11. The summed E-state index contributed by atoms with van der Waals surface area (Å²) in [5.74, 6) is 0.752. The monoisotopic (exact) mass is 320 g/mol. The average molecular weight is 320 g/mol. The zero-order chi connectivity index (χ0) is 16.7. The van der Waals surface area contributed by atoms with Crippen molar-refractivity contribution in [3.8, 4) is 5.75 Å². The van der Waals surface area contributed by atoms with Crippen LogP contribution in [-0.4, -0.2) is 56.3 Å². The van der Waals surface area contributed by atoms with Crippen LogP contribution in [0.3, 0.4) is 0 Å². The van der Waals surface area contributed by atoms with Gasteiger partial charge in [0.1, 0.15) is 5.75 Å². The Labute approximate surface area is 139 Å². The first-order chi connectivity index (χ1) is 11.1. The van der Waals surface area contributed by atoms with Crippen LogP contribution >= 0.6 is 0 Å². The zero-order valence-electron chi connectivity index (χ0n) is 14.4. The van der Waals surface area contributed by atoms with Gasteiger partial charge in [-0.15, -0.1) is 0 Å². The molecular formula is C18H28N2O3. The lowest BCUT2D eigenvalue weighted by atomic mass is 10.1. The Bertz CT molecular complexity index is 513. The number of amides is 1. The number of rotatable bonds is 7. The molecule has 2 rings (SSSR count). The van der Waals surface area contributed by atoms with E-state index in [0.717, 1.165) is 49.7 Å². The second kappa shape index (κ2) is 8.89. The van der Waals surface area contributed by atoms with Crippen LogP contribution in [-0.2, 0) is 9.53 Å². The molecule has 0 spiro atoms. The summed E-state index contributed by atoms with van der Waals surface area (Å²) < 4.78 is 11.3. The normalized spacial score (nSPS) is 16.8. The number of carbonyl (C=O) groups excluding carboxylic acids is 1. The standard InChI is InChI=1S/C18H28N2O3/c1-4-16(23-17-13-14(2)5-6-15(17)3)18(21)19-7-8-20-9-11-22-12-10-20/h5-6,13,16H,4,7-12H2,1-3H3,(H,19,21)/t16-/m1/s1. The van der Waals surface area contributed by atoms with E-state index in [9.17, 15) is 4.79 Å². The van der Waals surface area contributed by atoms with Gasteiger partial charge in [0.15, 0.2) is 6.10 Å². The fourth-order valence-electron chi connectivity index (χ4n) is 2.59. The molecule has 0 saturated carbocycles. The third-order valence-corrected chi connectivity index (χ3v) is 4.11. The van der Waals surface area contributed by atoms with Gasteiger partial charge in [-0.25, -0.2) is 0 Å². The van der Waals surface area contributed by atoms with E-state index in [0.29, 0.717) is 13.0 Å². The minimum Gasteiger partial charge on any atom is -0.480 e. The van der Waals surface area contributed by atoms with Gasteiger partial charge in [-0.05, 0) is 37.5 Å². The van der Waals surface area contributed by atoms with Crippen molar-refractivity contribution in [1.82, 2.24) is 10.2 Å². The van der Waals surface area contributed by atoms with Gasteiger partial charge in [0, 0.05) is 26.2 Å². The first-order valence-electron chi connectivity index (χ1n) is 8.42. The van der Waals surface area contributed by atoms with Gasteiger partial charge in [0.2, 0.25) is 0 Å². The van der Waals surface area contributed by atoms with Gasteiger partial charge in [0.05, 0.1) is 13.2 Å². The van der Waals surface area contributed by atoms with Crippen molar-refractivity contribution in [2.75, 3.05) is 39.4 Å². The molecule has 128 valence electrons. The molecule has 0 aliphatic carbocycles. The molecule has 23 heavy (non-hydrogen) atoms. The van der Waals surface area contributed by atoms with E-state index in [4.69, 9.17) is 9.47 Å². The Morgan fingerprint density at radius 2 is 2.09 bits per heavy atom. The van der Waals surface area contributed by atoms with Gasteiger partial charge >= 0.3 is 0 Å². The summed E-state index contributed by atoms with van der Waals surface area (Å²) in [5.41, 5.74) is 2.18. The summed E-state index contributed by atoms with van der Waals surface area (Å²) >= 11 is 0. The number of benzene rings is 1. The van der Waals surface area contributed by atoms with Crippen molar-refractivity contribution < 1.29 is 14.3 Å². The Balaban J connectivity index is 1.82. The van der Waals surface area contributed by atoms with Crippen molar-refractivity contribution in [2.45, 2.75) is 33.3 Å². The molecular weight excluding hydrogens is 292 g/mol. The van der Waals surface area contributed by atoms with Crippen LogP contribution in [0.2, 0.25) is 0 Å². The summed E-state index contributed by atoms with van der Waals surface area (Å²) in [7, 11) is 0. The highest BCUT2D eigenvalue weighted by Crippen LogP contribution is 2.21. The molecule has 0 unspecified atom stereocenters. The summed E-state index contributed by atoms with van der Waals surface area (Å²) in [4.78, 5) is 14.6. The molecule has 1 aliphatic heterocycles. The topological polar surface area (TPSA) is 50.8 Å². The minimum absolute atomic E-state index is 0.0401. The highest BCUT2D eigenvalue weighted by atomic mass is 16.5. The maximum absolute atomic E-state index is 12.3. The molecule has 1 atom stereocenters. The fourth-order valence-corrected chi connectivity index (χ4v) is 2.59. The van der Waals surface area contributed by atoms with Gasteiger partial charge in [-0.3, -0.25) is 9.69 Å². The van der Waals surface area contributed by atoms with E-state index in [2.05, 4.69) is 10.2 Å². The van der Waals surface area contributed by atoms with Crippen molar-refractivity contribution in [3.63, 3.8) is 0 Å².